The first-order valence-electron chi connectivity index (χ1n) is 8.60. The van der Waals surface area contributed by atoms with Crippen LogP contribution in [-0.2, 0) is 9.47 Å². The highest BCUT2D eigenvalue weighted by Gasteiger charge is 2.39. The molecule has 0 spiro atoms. The molecule has 1 saturated carbocycles. The van der Waals surface area contributed by atoms with Crippen molar-refractivity contribution in [3.05, 3.63) is 54.0 Å². The molecule has 1 aromatic heterocycles. The third-order valence-corrected chi connectivity index (χ3v) is 4.80. The van der Waals surface area contributed by atoms with Gasteiger partial charge in [-0.1, -0.05) is 30.3 Å². The van der Waals surface area contributed by atoms with Gasteiger partial charge >= 0.3 is 5.97 Å². The van der Waals surface area contributed by atoms with E-state index in [0.717, 1.165) is 18.9 Å². The van der Waals surface area contributed by atoms with E-state index in [4.69, 9.17) is 4.74 Å². The lowest BCUT2D eigenvalue weighted by atomic mass is 10.0. The molecule has 25 heavy (non-hydrogen) atoms. The maximum atomic E-state index is 11.5. The highest BCUT2D eigenvalue weighted by Crippen LogP contribution is 2.40. The molecule has 2 fully saturated rings. The Morgan fingerprint density at radius 2 is 1.96 bits per heavy atom. The quantitative estimate of drug-likeness (QED) is 0.798. The standard InChI is InChI=1S/C19H21N3O3/c1-24-19(23)15-9-21-18(10-20-15)22-11-16(13-5-3-2-4-6-13)25-17(12-22)14-7-8-14/h2-6,9-10,14,16-17H,7-8,11-12H2,1H3/t16-,17+/m0/s1. The minimum absolute atomic E-state index is 0.0163. The number of carbonyl (C=O) groups excluding carboxylic acids is 1. The van der Waals surface area contributed by atoms with Gasteiger partial charge < -0.3 is 14.4 Å². The second-order valence-electron chi connectivity index (χ2n) is 6.57. The van der Waals surface area contributed by atoms with E-state index in [0.29, 0.717) is 5.92 Å². The molecule has 0 radical (unpaired) electrons. The molecule has 0 N–H and O–H groups in total. The number of methoxy groups -OCH3 is 1. The molecular formula is C19H21N3O3. The van der Waals surface area contributed by atoms with Gasteiger partial charge in [-0.15, -0.1) is 0 Å². The Bertz CT molecular complexity index is 731. The topological polar surface area (TPSA) is 64.5 Å². The number of ether oxygens (including phenoxy) is 2. The van der Waals surface area contributed by atoms with Crippen molar-refractivity contribution >= 4 is 11.8 Å². The molecule has 1 aliphatic carbocycles. The fourth-order valence-electron chi connectivity index (χ4n) is 3.25. The summed E-state index contributed by atoms with van der Waals surface area (Å²) in [5.74, 6) is 0.929. The molecule has 1 aliphatic heterocycles. The zero-order valence-corrected chi connectivity index (χ0v) is 14.2. The first-order chi connectivity index (χ1) is 12.2. The maximum absolute atomic E-state index is 11.5. The zero-order valence-electron chi connectivity index (χ0n) is 14.2. The molecule has 1 aromatic carbocycles. The van der Waals surface area contributed by atoms with Crippen molar-refractivity contribution in [1.29, 1.82) is 0 Å². The Morgan fingerprint density at radius 1 is 1.16 bits per heavy atom. The molecule has 0 bridgehead atoms. The lowest BCUT2D eigenvalue weighted by Gasteiger charge is -2.39. The van der Waals surface area contributed by atoms with Crippen LogP contribution in [-0.4, -0.2) is 42.2 Å². The molecule has 6 heteroatoms. The summed E-state index contributed by atoms with van der Waals surface area (Å²) >= 11 is 0. The Kier molecular flexibility index (Phi) is 4.36. The third-order valence-electron chi connectivity index (χ3n) is 4.80. The Morgan fingerprint density at radius 3 is 2.60 bits per heavy atom. The van der Waals surface area contributed by atoms with Crippen LogP contribution in [0.5, 0.6) is 0 Å². The number of benzene rings is 1. The van der Waals surface area contributed by atoms with E-state index in [1.165, 1.54) is 31.7 Å². The van der Waals surface area contributed by atoms with Crippen molar-refractivity contribution in [2.24, 2.45) is 5.92 Å². The highest BCUT2D eigenvalue weighted by molar-refractivity contribution is 5.86. The van der Waals surface area contributed by atoms with E-state index in [9.17, 15) is 4.79 Å². The molecule has 0 unspecified atom stereocenters. The highest BCUT2D eigenvalue weighted by atomic mass is 16.5. The summed E-state index contributed by atoms with van der Waals surface area (Å²) in [5, 5.41) is 0. The number of esters is 1. The van der Waals surface area contributed by atoms with Gasteiger partial charge in [-0.05, 0) is 24.3 Å². The molecule has 6 nitrogen and oxygen atoms in total. The van der Waals surface area contributed by atoms with Gasteiger partial charge in [-0.3, -0.25) is 0 Å². The number of carbonyl (C=O) groups is 1. The van der Waals surface area contributed by atoms with Gasteiger partial charge in [0.1, 0.15) is 11.9 Å². The molecule has 0 amide bonds. The molecule has 1 saturated heterocycles. The summed E-state index contributed by atoms with van der Waals surface area (Å²) in [7, 11) is 1.34. The van der Waals surface area contributed by atoms with Crippen LogP contribution in [0.25, 0.3) is 0 Å². The first-order valence-corrected chi connectivity index (χ1v) is 8.60. The Labute approximate surface area is 146 Å². The number of anilines is 1. The lowest BCUT2D eigenvalue weighted by molar-refractivity contribution is -0.0387. The Hall–Kier alpha value is -2.47. The van der Waals surface area contributed by atoms with Crippen LogP contribution < -0.4 is 4.90 Å². The molecule has 4 rings (SSSR count). The van der Waals surface area contributed by atoms with E-state index in [1.54, 1.807) is 6.20 Å². The van der Waals surface area contributed by atoms with E-state index in [1.807, 2.05) is 18.2 Å². The van der Waals surface area contributed by atoms with Crippen LogP contribution in [0.3, 0.4) is 0 Å². The van der Waals surface area contributed by atoms with Crippen LogP contribution in [0.1, 0.15) is 35.0 Å². The fraction of sp³-hybridized carbons (Fsp3) is 0.421. The average molecular weight is 339 g/mol. The number of aromatic nitrogens is 2. The van der Waals surface area contributed by atoms with E-state index in [2.05, 4.69) is 31.7 Å². The molecule has 130 valence electrons. The minimum atomic E-state index is -0.473. The Balaban J connectivity index is 1.56. The smallest absolute Gasteiger partial charge is 0.358 e. The van der Waals surface area contributed by atoms with E-state index < -0.39 is 5.97 Å². The second-order valence-corrected chi connectivity index (χ2v) is 6.57. The van der Waals surface area contributed by atoms with Gasteiger partial charge in [-0.2, -0.15) is 0 Å². The summed E-state index contributed by atoms with van der Waals surface area (Å²) < 4.78 is 11.0. The summed E-state index contributed by atoms with van der Waals surface area (Å²) in [6.45, 7) is 1.53. The van der Waals surface area contributed by atoms with Gasteiger partial charge in [0.2, 0.25) is 0 Å². The van der Waals surface area contributed by atoms with Crippen molar-refractivity contribution in [3.8, 4) is 0 Å². The molecule has 2 atom stereocenters. The predicted molar refractivity (Wildman–Crippen MR) is 92.4 cm³/mol. The van der Waals surface area contributed by atoms with E-state index >= 15 is 0 Å². The van der Waals surface area contributed by atoms with Crippen molar-refractivity contribution < 1.29 is 14.3 Å². The first kappa shape index (κ1) is 16.0. The number of rotatable bonds is 4. The summed E-state index contributed by atoms with van der Waals surface area (Å²) in [6, 6.07) is 10.3. The number of hydrogen-bond donors (Lipinski definition) is 0. The van der Waals surface area contributed by atoms with Crippen molar-refractivity contribution in [1.82, 2.24) is 9.97 Å². The predicted octanol–water partition coefficient (Wildman–Crippen LogP) is 2.62. The van der Waals surface area contributed by atoms with Crippen LogP contribution in [0.15, 0.2) is 42.7 Å². The summed E-state index contributed by atoms with van der Waals surface area (Å²) in [5.41, 5.74) is 1.40. The molecule has 2 aromatic rings. The van der Waals surface area contributed by atoms with Crippen LogP contribution in [0, 0.1) is 5.92 Å². The lowest BCUT2D eigenvalue weighted by Crippen LogP contribution is -2.45. The number of hydrogen-bond acceptors (Lipinski definition) is 6. The minimum Gasteiger partial charge on any atom is -0.464 e. The van der Waals surface area contributed by atoms with Crippen molar-refractivity contribution in [3.63, 3.8) is 0 Å². The van der Waals surface area contributed by atoms with E-state index in [-0.39, 0.29) is 17.9 Å². The second kappa shape index (κ2) is 6.80. The van der Waals surface area contributed by atoms with Gasteiger partial charge in [0.25, 0.3) is 0 Å². The van der Waals surface area contributed by atoms with Gasteiger partial charge in [0.05, 0.1) is 25.6 Å². The van der Waals surface area contributed by atoms with Crippen LogP contribution in [0.2, 0.25) is 0 Å². The number of morpholine rings is 1. The SMILES string of the molecule is COC(=O)c1cnc(N2C[C@@H](c3ccccc3)O[C@@H](C3CC3)C2)cn1. The molecular weight excluding hydrogens is 318 g/mol. The summed E-state index contributed by atoms with van der Waals surface area (Å²) in [4.78, 5) is 22.3. The summed E-state index contributed by atoms with van der Waals surface area (Å²) in [6.07, 6.45) is 5.80. The van der Waals surface area contributed by atoms with Crippen molar-refractivity contribution in [2.45, 2.75) is 25.0 Å². The maximum Gasteiger partial charge on any atom is 0.358 e. The molecule has 2 heterocycles. The van der Waals surface area contributed by atoms with Crippen LogP contribution in [0.4, 0.5) is 5.82 Å². The van der Waals surface area contributed by atoms with Crippen molar-refractivity contribution in [2.75, 3.05) is 25.1 Å². The zero-order chi connectivity index (χ0) is 17.2. The monoisotopic (exact) mass is 339 g/mol. The molecule has 2 aliphatic rings. The van der Waals surface area contributed by atoms with Gasteiger partial charge in [0, 0.05) is 13.1 Å². The average Bonchev–Trinajstić information content (AvgIpc) is 3.53. The normalized spacial score (nSPS) is 23.3. The largest absolute Gasteiger partial charge is 0.464 e. The van der Waals surface area contributed by atoms with Gasteiger partial charge in [-0.25, -0.2) is 14.8 Å². The number of nitrogens with zero attached hydrogens (tertiary/aromatic N) is 3. The third kappa shape index (κ3) is 3.49. The van der Waals surface area contributed by atoms with Crippen LogP contribution >= 0.6 is 0 Å². The van der Waals surface area contributed by atoms with Gasteiger partial charge in [0.15, 0.2) is 5.69 Å². The fourth-order valence-corrected chi connectivity index (χ4v) is 3.25.